The van der Waals surface area contributed by atoms with Crippen molar-refractivity contribution in [3.05, 3.63) is 95.9 Å². The third-order valence-corrected chi connectivity index (χ3v) is 5.94. The third-order valence-electron chi connectivity index (χ3n) is 5.94. The number of hydrogen-bond donors (Lipinski definition) is 0. The van der Waals surface area contributed by atoms with Gasteiger partial charge in [0.2, 0.25) is 5.89 Å². The maximum atomic E-state index is 12.6. The minimum Gasteiger partial charge on any atom is -0.497 e. The number of carbonyl (C=O) groups is 1. The summed E-state index contributed by atoms with van der Waals surface area (Å²) >= 11 is 0. The van der Waals surface area contributed by atoms with Gasteiger partial charge in [-0.3, -0.25) is 0 Å². The number of nitrogens with zero attached hydrogens (tertiary/aromatic N) is 2. The number of methoxy groups -OCH3 is 1. The van der Waals surface area contributed by atoms with Gasteiger partial charge in [-0.1, -0.05) is 30.3 Å². The highest BCUT2D eigenvalue weighted by Crippen LogP contribution is 2.23. The quantitative estimate of drug-likeness (QED) is 0.214. The van der Waals surface area contributed by atoms with E-state index in [4.69, 9.17) is 18.6 Å². The van der Waals surface area contributed by atoms with Crippen LogP contribution in [-0.2, 0) is 13.0 Å². The van der Waals surface area contributed by atoms with Crippen molar-refractivity contribution < 1.29 is 23.4 Å². The molecule has 0 N–H and O–H groups in total. The molecule has 0 aliphatic heterocycles. The molecule has 0 aliphatic rings. The van der Waals surface area contributed by atoms with E-state index in [-0.39, 0.29) is 0 Å². The van der Waals surface area contributed by atoms with Crippen molar-refractivity contribution in [2.24, 2.45) is 0 Å². The summed E-state index contributed by atoms with van der Waals surface area (Å²) in [5, 5.41) is 0. The summed E-state index contributed by atoms with van der Waals surface area (Å²) in [5.41, 5.74) is 2.93. The minimum atomic E-state index is -0.397. The summed E-state index contributed by atoms with van der Waals surface area (Å²) in [4.78, 5) is 18.9. The molecule has 1 aromatic heterocycles. The van der Waals surface area contributed by atoms with Gasteiger partial charge in [0.25, 0.3) is 0 Å². The molecule has 1 amide bonds. The monoisotopic (exact) mass is 500 g/mol. The maximum absolute atomic E-state index is 12.6. The van der Waals surface area contributed by atoms with Gasteiger partial charge in [-0.2, -0.15) is 0 Å². The van der Waals surface area contributed by atoms with E-state index in [2.05, 4.69) is 4.98 Å². The van der Waals surface area contributed by atoms with E-state index in [1.165, 1.54) is 0 Å². The number of hydrogen-bond acceptors (Lipinski definition) is 6. The molecular formula is C30H32N2O5. The average molecular weight is 501 g/mol. The van der Waals surface area contributed by atoms with Crippen LogP contribution < -0.4 is 14.2 Å². The summed E-state index contributed by atoms with van der Waals surface area (Å²) in [6.45, 7) is 5.41. The Bertz CT molecular complexity index is 1270. The van der Waals surface area contributed by atoms with Crippen molar-refractivity contribution in [1.82, 2.24) is 9.88 Å². The first-order valence-electron chi connectivity index (χ1n) is 12.4. The van der Waals surface area contributed by atoms with Gasteiger partial charge in [0.1, 0.15) is 23.0 Å². The first-order chi connectivity index (χ1) is 18.1. The van der Waals surface area contributed by atoms with Crippen molar-refractivity contribution in [3.63, 3.8) is 0 Å². The fourth-order valence-corrected chi connectivity index (χ4v) is 3.82. The molecule has 37 heavy (non-hydrogen) atoms. The van der Waals surface area contributed by atoms with Crippen molar-refractivity contribution in [2.75, 3.05) is 20.3 Å². The first-order valence-corrected chi connectivity index (χ1v) is 12.4. The number of benzene rings is 3. The lowest BCUT2D eigenvalue weighted by Crippen LogP contribution is -2.32. The van der Waals surface area contributed by atoms with E-state index in [1.54, 1.807) is 36.3 Å². The molecule has 0 bridgehead atoms. The zero-order chi connectivity index (χ0) is 26.0. The van der Waals surface area contributed by atoms with E-state index in [0.717, 1.165) is 41.2 Å². The van der Waals surface area contributed by atoms with Gasteiger partial charge in [-0.05, 0) is 80.8 Å². The minimum absolute atomic E-state index is 0.397. The van der Waals surface area contributed by atoms with Gasteiger partial charge in [0.15, 0.2) is 0 Å². The van der Waals surface area contributed by atoms with Crippen molar-refractivity contribution in [3.8, 4) is 28.7 Å². The highest BCUT2D eigenvalue weighted by atomic mass is 16.6. The molecule has 4 rings (SSSR count). The largest absolute Gasteiger partial charge is 0.497 e. The van der Waals surface area contributed by atoms with Crippen molar-refractivity contribution in [1.29, 1.82) is 0 Å². The van der Waals surface area contributed by atoms with Gasteiger partial charge < -0.3 is 23.5 Å². The Labute approximate surface area is 217 Å². The highest BCUT2D eigenvalue weighted by molar-refractivity contribution is 5.70. The van der Waals surface area contributed by atoms with Crippen LogP contribution >= 0.6 is 0 Å². The molecule has 0 fully saturated rings. The Kier molecular flexibility index (Phi) is 8.81. The zero-order valence-electron chi connectivity index (χ0n) is 21.5. The molecule has 1 heterocycles. The van der Waals surface area contributed by atoms with E-state index in [1.807, 2.05) is 68.4 Å². The second-order valence-electron chi connectivity index (χ2n) is 8.54. The molecule has 7 heteroatoms. The molecule has 3 aromatic carbocycles. The Morgan fingerprint density at radius 2 is 1.59 bits per heavy atom. The number of aryl methyl sites for hydroxylation is 2. The first kappa shape index (κ1) is 25.8. The zero-order valence-corrected chi connectivity index (χ0v) is 21.5. The summed E-state index contributed by atoms with van der Waals surface area (Å²) in [5.74, 6) is 3.47. The topological polar surface area (TPSA) is 74.0 Å². The predicted octanol–water partition coefficient (Wildman–Crippen LogP) is 6.69. The number of rotatable bonds is 11. The van der Waals surface area contributed by atoms with Gasteiger partial charge in [0, 0.05) is 18.7 Å². The number of ether oxygens (including phenoxy) is 3. The number of oxazole rings is 1. The molecule has 7 nitrogen and oxygen atoms in total. The van der Waals surface area contributed by atoms with E-state index < -0.39 is 6.09 Å². The predicted molar refractivity (Wildman–Crippen MR) is 142 cm³/mol. The number of aromatic nitrogens is 1. The lowest BCUT2D eigenvalue weighted by Gasteiger charge is -2.20. The molecule has 192 valence electrons. The van der Waals surface area contributed by atoms with Crippen LogP contribution in [0.3, 0.4) is 0 Å². The number of amides is 1. The SMILES string of the molecule is CCN(Cc1ccc(OCCCc2nc(-c3ccccc3)oc2C)cc1)C(=O)Oc1ccc(OC)cc1. The van der Waals surface area contributed by atoms with Gasteiger partial charge in [0.05, 0.1) is 19.4 Å². The molecule has 4 aromatic rings. The van der Waals surface area contributed by atoms with Crippen LogP contribution in [0.5, 0.6) is 17.2 Å². The summed E-state index contributed by atoms with van der Waals surface area (Å²) in [7, 11) is 1.59. The van der Waals surface area contributed by atoms with Crippen LogP contribution in [0.2, 0.25) is 0 Å². The Balaban J connectivity index is 1.23. The molecule has 0 saturated heterocycles. The van der Waals surface area contributed by atoms with Gasteiger partial charge in [-0.15, -0.1) is 0 Å². The summed E-state index contributed by atoms with van der Waals surface area (Å²) < 4.78 is 22.4. The van der Waals surface area contributed by atoms with Gasteiger partial charge in [-0.25, -0.2) is 9.78 Å². The third kappa shape index (κ3) is 7.13. The van der Waals surface area contributed by atoms with E-state index in [0.29, 0.717) is 37.1 Å². The standard InChI is InChI=1S/C30H32N2O5/c1-4-32(30(33)37-27-18-16-25(34-3)17-19-27)21-23-12-14-26(15-13-23)35-20-8-11-28-22(2)36-29(31-28)24-9-6-5-7-10-24/h5-7,9-10,12-19H,4,8,11,20-21H2,1-3H3. The highest BCUT2D eigenvalue weighted by Gasteiger charge is 2.15. The molecular weight excluding hydrogens is 468 g/mol. The Hall–Kier alpha value is -4.26. The smallest absolute Gasteiger partial charge is 0.415 e. The maximum Gasteiger partial charge on any atom is 0.415 e. The lowest BCUT2D eigenvalue weighted by atomic mass is 10.2. The molecule has 0 saturated carbocycles. The van der Waals surface area contributed by atoms with Crippen LogP contribution in [0, 0.1) is 6.92 Å². The molecule has 0 aliphatic carbocycles. The molecule has 0 radical (unpaired) electrons. The fraction of sp³-hybridized carbons (Fsp3) is 0.267. The van der Waals surface area contributed by atoms with E-state index in [9.17, 15) is 4.79 Å². The van der Waals surface area contributed by atoms with Crippen molar-refractivity contribution >= 4 is 6.09 Å². The van der Waals surface area contributed by atoms with Crippen LogP contribution in [0.4, 0.5) is 4.79 Å². The summed E-state index contributed by atoms with van der Waals surface area (Å²) in [6, 6.07) is 24.6. The van der Waals surface area contributed by atoms with Crippen molar-refractivity contribution in [2.45, 2.75) is 33.2 Å². The molecule has 0 unspecified atom stereocenters. The molecule has 0 spiro atoms. The normalized spacial score (nSPS) is 10.7. The van der Waals surface area contributed by atoms with Crippen LogP contribution in [-0.4, -0.2) is 36.2 Å². The Morgan fingerprint density at radius 1 is 0.919 bits per heavy atom. The second-order valence-corrected chi connectivity index (χ2v) is 8.54. The van der Waals surface area contributed by atoms with E-state index >= 15 is 0 Å². The Morgan fingerprint density at radius 3 is 2.27 bits per heavy atom. The average Bonchev–Trinajstić information content (AvgIpc) is 3.31. The lowest BCUT2D eigenvalue weighted by molar-refractivity contribution is 0.152. The molecule has 0 atom stereocenters. The van der Waals surface area contributed by atoms with Crippen LogP contribution in [0.1, 0.15) is 30.4 Å². The fourth-order valence-electron chi connectivity index (χ4n) is 3.82. The van der Waals surface area contributed by atoms with Crippen LogP contribution in [0.15, 0.2) is 83.3 Å². The summed E-state index contributed by atoms with van der Waals surface area (Å²) in [6.07, 6.45) is 1.21. The number of carbonyl (C=O) groups excluding carboxylic acids is 1. The van der Waals surface area contributed by atoms with Crippen LogP contribution in [0.25, 0.3) is 11.5 Å². The second kappa shape index (κ2) is 12.6. The van der Waals surface area contributed by atoms with Gasteiger partial charge >= 0.3 is 6.09 Å².